The summed E-state index contributed by atoms with van der Waals surface area (Å²) in [4.78, 5) is 24.4. The molecule has 3 atom stereocenters. The highest BCUT2D eigenvalue weighted by molar-refractivity contribution is 6.62. The highest BCUT2D eigenvalue weighted by Gasteiger charge is 2.55. The van der Waals surface area contributed by atoms with Gasteiger partial charge in [-0.2, -0.15) is 0 Å². The SMILES string of the molecule is C[C@@](N)(CN1CC(Oc2ccc3c(c2C(=O)[O-])O[B-](O)(O)[C@H]2C[C@@H]32)C1)C(=O)[O-]. The molecule has 0 amide bonds. The summed E-state index contributed by atoms with van der Waals surface area (Å²) in [5.41, 5.74) is 4.40. The molecule has 2 aliphatic heterocycles. The third-order valence-corrected chi connectivity index (χ3v) is 5.68. The Kier molecular flexibility index (Phi) is 4.13. The Labute approximate surface area is 160 Å². The molecule has 152 valence electrons. The van der Waals surface area contributed by atoms with Crippen LogP contribution >= 0.6 is 0 Å². The van der Waals surface area contributed by atoms with Crippen molar-refractivity contribution in [1.29, 1.82) is 0 Å². The minimum Gasteiger partial charge on any atom is -0.669 e. The third-order valence-electron chi connectivity index (χ3n) is 5.68. The van der Waals surface area contributed by atoms with Gasteiger partial charge in [-0.1, -0.05) is 18.3 Å². The fraction of sp³-hybridized carbons (Fsp3) is 0.529. The quantitative estimate of drug-likeness (QED) is 0.419. The van der Waals surface area contributed by atoms with Gasteiger partial charge in [-0.15, -0.1) is 0 Å². The molecule has 1 saturated heterocycles. The zero-order valence-electron chi connectivity index (χ0n) is 15.2. The third kappa shape index (κ3) is 3.10. The van der Waals surface area contributed by atoms with Crippen molar-refractivity contribution in [2.24, 2.45) is 5.73 Å². The highest BCUT2D eigenvalue weighted by atomic mass is 16.6. The van der Waals surface area contributed by atoms with Gasteiger partial charge in [0.1, 0.15) is 11.9 Å². The lowest BCUT2D eigenvalue weighted by Crippen LogP contribution is -2.65. The number of aromatic carboxylic acids is 1. The van der Waals surface area contributed by atoms with Crippen molar-refractivity contribution in [1.82, 2.24) is 4.90 Å². The number of fused-ring (bicyclic) bond motifs is 3. The predicted octanol–water partition coefficient (Wildman–Crippen LogP) is -3.25. The van der Waals surface area contributed by atoms with Gasteiger partial charge in [0.2, 0.25) is 0 Å². The number of nitrogens with two attached hydrogens (primary N) is 1. The number of nitrogens with zero attached hydrogens (tertiary/aromatic N) is 1. The number of carboxylic acid groups (broad SMARTS) is 2. The average Bonchev–Trinajstić information content (AvgIpc) is 3.33. The van der Waals surface area contributed by atoms with Gasteiger partial charge in [-0.25, -0.2) is 0 Å². The molecule has 1 saturated carbocycles. The Morgan fingerprint density at radius 3 is 2.68 bits per heavy atom. The summed E-state index contributed by atoms with van der Waals surface area (Å²) in [7, 11) is 0. The molecule has 3 aliphatic rings. The molecule has 0 radical (unpaired) electrons. The number of ether oxygens (including phenoxy) is 1. The summed E-state index contributed by atoms with van der Waals surface area (Å²) in [5.74, 6) is -3.60. The molecule has 1 aliphatic carbocycles. The minimum atomic E-state index is -3.13. The molecule has 0 unspecified atom stereocenters. The summed E-state index contributed by atoms with van der Waals surface area (Å²) in [5, 5.41) is 42.8. The van der Waals surface area contributed by atoms with Crippen molar-refractivity contribution in [2.75, 3.05) is 19.6 Å². The second-order valence-corrected chi connectivity index (χ2v) is 8.17. The smallest absolute Gasteiger partial charge is 0.434 e. The van der Waals surface area contributed by atoms with Crippen LogP contribution in [0.25, 0.3) is 0 Å². The molecule has 0 spiro atoms. The number of hydrogen-bond acceptors (Lipinski definition) is 10. The lowest BCUT2D eigenvalue weighted by Gasteiger charge is -2.43. The van der Waals surface area contributed by atoms with Crippen LogP contribution < -0.4 is 25.3 Å². The Balaban J connectivity index is 1.50. The maximum atomic E-state index is 11.7. The fourth-order valence-corrected chi connectivity index (χ4v) is 4.04. The van der Waals surface area contributed by atoms with E-state index in [1.807, 2.05) is 0 Å². The number of likely N-dealkylation sites (tertiary alicyclic amines) is 1. The normalized spacial score (nSPS) is 27.4. The van der Waals surface area contributed by atoms with Crippen molar-refractivity contribution >= 4 is 18.7 Å². The zero-order valence-corrected chi connectivity index (χ0v) is 15.2. The van der Waals surface area contributed by atoms with E-state index in [0.717, 1.165) is 0 Å². The second kappa shape index (κ2) is 6.08. The van der Waals surface area contributed by atoms with Crippen LogP contribution in [0.5, 0.6) is 11.5 Å². The fourth-order valence-electron chi connectivity index (χ4n) is 4.04. The summed E-state index contributed by atoms with van der Waals surface area (Å²) in [6, 6.07) is 3.17. The van der Waals surface area contributed by atoms with Crippen LogP contribution in [0.15, 0.2) is 12.1 Å². The molecular weight excluding hydrogens is 371 g/mol. The van der Waals surface area contributed by atoms with Gasteiger partial charge in [0.05, 0.1) is 28.8 Å². The monoisotopic (exact) mass is 391 g/mol. The van der Waals surface area contributed by atoms with E-state index in [2.05, 4.69) is 0 Å². The van der Waals surface area contributed by atoms with Crippen molar-refractivity contribution in [3.8, 4) is 11.5 Å². The maximum absolute atomic E-state index is 11.7. The predicted molar refractivity (Wildman–Crippen MR) is 91.2 cm³/mol. The van der Waals surface area contributed by atoms with Crippen LogP contribution in [0.1, 0.15) is 35.2 Å². The van der Waals surface area contributed by atoms with Gasteiger partial charge in [0.15, 0.2) is 0 Å². The number of carboxylic acids is 2. The van der Waals surface area contributed by atoms with Crippen LogP contribution in [0.2, 0.25) is 5.82 Å². The van der Waals surface area contributed by atoms with E-state index >= 15 is 0 Å². The van der Waals surface area contributed by atoms with E-state index in [-0.39, 0.29) is 35.6 Å². The second-order valence-electron chi connectivity index (χ2n) is 8.17. The molecule has 2 fully saturated rings. The van der Waals surface area contributed by atoms with Crippen LogP contribution in [0, 0.1) is 0 Å². The Hall–Kier alpha value is -2.34. The first-order valence-electron chi connectivity index (χ1n) is 9.05. The standard InChI is InChI=1S/C17H22BN2O8/c1-17(19,16(23)24)7-20-5-8(6-20)27-12-3-2-9-10-4-11(10)18(25,26)28-14(9)13(12)15(21)22/h2-3,8,10-11,25-26H,4-7,19H2,1H3,(H,21,22)(H,23,24)/q-1/p-2/t10-,11-,17+/m0/s1. The first kappa shape index (κ1) is 19.0. The van der Waals surface area contributed by atoms with Gasteiger partial charge >= 0.3 is 6.75 Å². The topological polar surface area (TPSA) is 168 Å². The maximum Gasteiger partial charge on any atom is 0.434 e. The molecule has 1 aromatic rings. The molecule has 4 N–H and O–H groups in total. The van der Waals surface area contributed by atoms with E-state index < -0.39 is 30.0 Å². The first-order valence-corrected chi connectivity index (χ1v) is 9.05. The van der Waals surface area contributed by atoms with Gasteiger partial charge in [0.25, 0.3) is 0 Å². The Morgan fingerprint density at radius 2 is 2.07 bits per heavy atom. The summed E-state index contributed by atoms with van der Waals surface area (Å²) in [6.45, 7) is -1.00. The highest BCUT2D eigenvalue weighted by Crippen LogP contribution is 2.63. The number of carbonyl (C=O) groups is 2. The number of hydrogen-bond donors (Lipinski definition) is 3. The van der Waals surface area contributed by atoms with Crippen LogP contribution in [0.4, 0.5) is 0 Å². The van der Waals surface area contributed by atoms with Crippen molar-refractivity contribution in [3.63, 3.8) is 0 Å². The Morgan fingerprint density at radius 1 is 1.39 bits per heavy atom. The molecule has 1 aromatic carbocycles. The van der Waals surface area contributed by atoms with Crippen LogP contribution in [-0.2, 0) is 4.79 Å². The van der Waals surface area contributed by atoms with E-state index in [0.29, 0.717) is 25.1 Å². The number of rotatable bonds is 6. The van der Waals surface area contributed by atoms with Crippen molar-refractivity contribution in [3.05, 3.63) is 23.3 Å². The summed E-state index contributed by atoms with van der Waals surface area (Å²) < 4.78 is 11.0. The molecular formula is C17H20BN2O8-3. The summed E-state index contributed by atoms with van der Waals surface area (Å²) >= 11 is 0. The number of carbonyl (C=O) groups excluding carboxylic acids is 2. The van der Waals surface area contributed by atoms with Crippen molar-refractivity contribution in [2.45, 2.75) is 36.7 Å². The number of benzene rings is 1. The van der Waals surface area contributed by atoms with Gasteiger partial charge in [-0.05, 0) is 24.5 Å². The van der Waals surface area contributed by atoms with E-state index in [1.165, 1.54) is 13.0 Å². The first-order chi connectivity index (χ1) is 13.0. The Bertz CT molecular complexity index is 852. The molecule has 10 nitrogen and oxygen atoms in total. The van der Waals surface area contributed by atoms with Gasteiger partial charge < -0.3 is 45.0 Å². The van der Waals surface area contributed by atoms with Gasteiger partial charge in [0, 0.05) is 19.6 Å². The zero-order chi connectivity index (χ0) is 20.4. The molecule has 4 rings (SSSR count). The average molecular weight is 391 g/mol. The molecule has 28 heavy (non-hydrogen) atoms. The lowest BCUT2D eigenvalue weighted by atomic mass is 9.68. The molecule has 11 heteroatoms. The van der Waals surface area contributed by atoms with E-state index in [9.17, 15) is 29.9 Å². The molecule has 2 heterocycles. The minimum absolute atomic E-state index is 0.00418. The van der Waals surface area contributed by atoms with E-state index in [1.54, 1.807) is 11.0 Å². The van der Waals surface area contributed by atoms with Gasteiger partial charge in [-0.3, -0.25) is 4.90 Å². The lowest BCUT2D eigenvalue weighted by molar-refractivity contribution is -0.313. The number of aliphatic carboxylic acids is 1. The van der Waals surface area contributed by atoms with Crippen molar-refractivity contribution < 1.29 is 39.2 Å². The summed E-state index contributed by atoms with van der Waals surface area (Å²) in [6.07, 6.45) is 0.130. The van der Waals surface area contributed by atoms with E-state index in [4.69, 9.17) is 15.1 Å². The molecule has 0 aromatic heterocycles. The van der Waals surface area contributed by atoms with Crippen LogP contribution in [-0.4, -0.2) is 64.9 Å². The largest absolute Gasteiger partial charge is 0.669 e. The van der Waals surface area contributed by atoms with Crippen LogP contribution in [0.3, 0.4) is 0 Å². The molecule has 0 bridgehead atoms.